The van der Waals surface area contributed by atoms with Crippen LogP contribution in [0.2, 0.25) is 0 Å². The monoisotopic (exact) mass is 265 g/mol. The van der Waals surface area contributed by atoms with Gasteiger partial charge in [-0.15, -0.1) is 0 Å². The van der Waals surface area contributed by atoms with Crippen LogP contribution in [0.25, 0.3) is 0 Å². The van der Waals surface area contributed by atoms with Gasteiger partial charge in [-0.05, 0) is 24.6 Å². The Morgan fingerprint density at radius 2 is 2.16 bits per heavy atom. The molecule has 1 saturated heterocycles. The zero-order chi connectivity index (χ0) is 13.8. The second-order valence-electron chi connectivity index (χ2n) is 4.11. The van der Waals surface area contributed by atoms with Gasteiger partial charge in [-0.3, -0.25) is 14.9 Å². The Morgan fingerprint density at radius 3 is 2.79 bits per heavy atom. The van der Waals surface area contributed by atoms with E-state index in [9.17, 15) is 18.8 Å². The van der Waals surface area contributed by atoms with Crippen molar-refractivity contribution in [1.29, 1.82) is 0 Å². The molecule has 0 aliphatic carbocycles. The van der Waals surface area contributed by atoms with Crippen LogP contribution in [0, 0.1) is 5.82 Å². The molecule has 3 N–H and O–H groups in total. The first-order valence-corrected chi connectivity index (χ1v) is 5.71. The number of halogens is 1. The molecule has 0 saturated carbocycles. The van der Waals surface area contributed by atoms with Crippen molar-refractivity contribution in [2.45, 2.75) is 18.9 Å². The molecule has 1 heterocycles. The molecule has 0 aromatic heterocycles. The molecule has 1 aliphatic rings. The van der Waals surface area contributed by atoms with Crippen LogP contribution in [-0.4, -0.2) is 23.9 Å². The Kier molecular flexibility index (Phi) is 3.74. The molecule has 1 atom stereocenters. The Bertz CT molecular complexity index is 533. The summed E-state index contributed by atoms with van der Waals surface area (Å²) in [6.07, 6.45) is 0.244. The van der Waals surface area contributed by atoms with E-state index in [1.807, 2.05) is 0 Å². The van der Waals surface area contributed by atoms with E-state index in [1.165, 1.54) is 18.2 Å². The molecule has 0 unspecified atom stereocenters. The Hall–Kier alpha value is -2.44. The zero-order valence-corrected chi connectivity index (χ0v) is 9.90. The number of urea groups is 1. The van der Waals surface area contributed by atoms with Crippen LogP contribution in [0.15, 0.2) is 24.3 Å². The Labute approximate surface area is 108 Å². The maximum atomic E-state index is 12.9. The normalized spacial score (nSPS) is 17.8. The molecule has 19 heavy (non-hydrogen) atoms. The predicted octanol–water partition coefficient (Wildman–Crippen LogP) is 0.752. The average molecular weight is 265 g/mol. The van der Waals surface area contributed by atoms with E-state index >= 15 is 0 Å². The first kappa shape index (κ1) is 13.0. The third-order valence-electron chi connectivity index (χ3n) is 2.63. The molecule has 1 aromatic rings. The fraction of sp³-hybridized carbons (Fsp3) is 0.250. The molecule has 1 aromatic carbocycles. The smallest absolute Gasteiger partial charge is 0.322 e. The van der Waals surface area contributed by atoms with Crippen molar-refractivity contribution in [3.63, 3.8) is 0 Å². The minimum absolute atomic E-state index is 0.0505. The summed E-state index contributed by atoms with van der Waals surface area (Å²) in [5.74, 6) is -1.23. The highest BCUT2D eigenvalue weighted by molar-refractivity contribution is 6.04. The maximum absolute atomic E-state index is 12.9. The molecule has 4 amide bonds. The van der Waals surface area contributed by atoms with Gasteiger partial charge in [0.1, 0.15) is 11.9 Å². The van der Waals surface area contributed by atoms with Crippen LogP contribution < -0.4 is 16.0 Å². The third kappa shape index (κ3) is 3.51. The van der Waals surface area contributed by atoms with E-state index in [-0.39, 0.29) is 18.7 Å². The SMILES string of the molecule is O=C(CC[C@H]1NC(=O)NC1=O)Nc1cccc(F)c1. The van der Waals surface area contributed by atoms with Gasteiger partial charge < -0.3 is 10.6 Å². The second kappa shape index (κ2) is 5.47. The highest BCUT2D eigenvalue weighted by atomic mass is 19.1. The van der Waals surface area contributed by atoms with Gasteiger partial charge in [0.25, 0.3) is 5.91 Å². The van der Waals surface area contributed by atoms with Crippen molar-refractivity contribution in [2.24, 2.45) is 0 Å². The van der Waals surface area contributed by atoms with Gasteiger partial charge in [0.05, 0.1) is 0 Å². The lowest BCUT2D eigenvalue weighted by molar-refractivity contribution is -0.120. The largest absolute Gasteiger partial charge is 0.326 e. The number of hydrogen-bond acceptors (Lipinski definition) is 3. The summed E-state index contributed by atoms with van der Waals surface area (Å²) in [6, 6.07) is 4.27. The van der Waals surface area contributed by atoms with E-state index in [0.29, 0.717) is 5.69 Å². The van der Waals surface area contributed by atoms with Crippen molar-refractivity contribution < 1.29 is 18.8 Å². The van der Waals surface area contributed by atoms with Gasteiger partial charge in [0.15, 0.2) is 0 Å². The molecular formula is C12H12FN3O3. The van der Waals surface area contributed by atoms with Crippen LogP contribution in [0.4, 0.5) is 14.9 Å². The van der Waals surface area contributed by atoms with Crippen molar-refractivity contribution in [1.82, 2.24) is 10.6 Å². The lowest BCUT2D eigenvalue weighted by Crippen LogP contribution is -2.30. The summed E-state index contributed by atoms with van der Waals surface area (Å²) in [5, 5.41) is 6.98. The lowest BCUT2D eigenvalue weighted by atomic mass is 10.1. The average Bonchev–Trinajstić information content (AvgIpc) is 2.65. The number of anilines is 1. The standard InChI is InChI=1S/C12H12FN3O3/c13-7-2-1-3-8(6-7)14-10(17)5-4-9-11(18)16-12(19)15-9/h1-3,6,9H,4-5H2,(H,14,17)(H2,15,16,18,19)/t9-/m1/s1. The van der Waals surface area contributed by atoms with Crippen LogP contribution in [-0.2, 0) is 9.59 Å². The molecule has 0 radical (unpaired) electrons. The van der Waals surface area contributed by atoms with Gasteiger partial charge in [-0.25, -0.2) is 9.18 Å². The van der Waals surface area contributed by atoms with Crippen molar-refractivity contribution in [3.05, 3.63) is 30.1 Å². The number of nitrogens with one attached hydrogen (secondary N) is 3. The van der Waals surface area contributed by atoms with Crippen molar-refractivity contribution >= 4 is 23.5 Å². The summed E-state index contributed by atoms with van der Waals surface area (Å²) < 4.78 is 12.9. The van der Waals surface area contributed by atoms with Gasteiger partial charge in [-0.1, -0.05) is 6.07 Å². The van der Waals surface area contributed by atoms with Crippen LogP contribution >= 0.6 is 0 Å². The molecule has 7 heteroatoms. The molecular weight excluding hydrogens is 253 g/mol. The van der Waals surface area contributed by atoms with E-state index in [2.05, 4.69) is 16.0 Å². The molecule has 0 bridgehead atoms. The number of amides is 4. The second-order valence-corrected chi connectivity index (χ2v) is 4.11. The Morgan fingerprint density at radius 1 is 1.37 bits per heavy atom. The maximum Gasteiger partial charge on any atom is 0.322 e. The highest BCUT2D eigenvalue weighted by Crippen LogP contribution is 2.10. The lowest BCUT2D eigenvalue weighted by Gasteiger charge is -2.08. The minimum atomic E-state index is -0.689. The predicted molar refractivity (Wildman–Crippen MR) is 64.7 cm³/mol. The number of carbonyl (C=O) groups is 3. The van der Waals surface area contributed by atoms with E-state index < -0.39 is 23.8 Å². The summed E-state index contributed by atoms with van der Waals surface area (Å²) in [4.78, 5) is 33.7. The van der Waals surface area contributed by atoms with Gasteiger partial charge in [0, 0.05) is 12.1 Å². The summed E-state index contributed by atoms with van der Waals surface area (Å²) in [7, 11) is 0. The van der Waals surface area contributed by atoms with Crippen LogP contribution in [0.3, 0.4) is 0 Å². The van der Waals surface area contributed by atoms with Gasteiger partial charge in [0.2, 0.25) is 5.91 Å². The molecule has 1 aliphatic heterocycles. The third-order valence-corrected chi connectivity index (χ3v) is 2.63. The fourth-order valence-corrected chi connectivity index (χ4v) is 1.73. The fourth-order valence-electron chi connectivity index (χ4n) is 1.73. The minimum Gasteiger partial charge on any atom is -0.326 e. The number of carbonyl (C=O) groups excluding carboxylic acids is 3. The quantitative estimate of drug-likeness (QED) is 0.702. The summed E-state index contributed by atoms with van der Waals surface area (Å²) in [6.45, 7) is 0. The van der Waals surface area contributed by atoms with E-state index in [1.54, 1.807) is 6.07 Å². The molecule has 6 nitrogen and oxygen atoms in total. The number of rotatable bonds is 4. The van der Waals surface area contributed by atoms with E-state index in [4.69, 9.17) is 0 Å². The van der Waals surface area contributed by atoms with E-state index in [0.717, 1.165) is 0 Å². The number of imide groups is 1. The first-order chi connectivity index (χ1) is 9.04. The van der Waals surface area contributed by atoms with Crippen molar-refractivity contribution in [2.75, 3.05) is 5.32 Å². The van der Waals surface area contributed by atoms with Crippen molar-refractivity contribution in [3.8, 4) is 0 Å². The molecule has 2 rings (SSSR count). The topological polar surface area (TPSA) is 87.3 Å². The summed E-state index contributed by atoms with van der Waals surface area (Å²) >= 11 is 0. The number of benzene rings is 1. The highest BCUT2D eigenvalue weighted by Gasteiger charge is 2.29. The van der Waals surface area contributed by atoms with Crippen LogP contribution in [0.5, 0.6) is 0 Å². The molecule has 100 valence electrons. The molecule has 1 fully saturated rings. The van der Waals surface area contributed by atoms with Gasteiger partial charge in [-0.2, -0.15) is 0 Å². The molecule has 0 spiro atoms. The van der Waals surface area contributed by atoms with Gasteiger partial charge >= 0.3 is 6.03 Å². The number of hydrogen-bond donors (Lipinski definition) is 3. The zero-order valence-electron chi connectivity index (χ0n) is 9.90. The first-order valence-electron chi connectivity index (χ1n) is 5.71. The summed E-state index contributed by atoms with van der Waals surface area (Å²) in [5.41, 5.74) is 0.352. The Balaban J connectivity index is 1.82. The van der Waals surface area contributed by atoms with Crippen LogP contribution in [0.1, 0.15) is 12.8 Å².